The monoisotopic (exact) mass is 592 g/mol. The Morgan fingerprint density at radius 2 is 0.809 bits per heavy atom. The minimum atomic E-state index is 1.26. The molecule has 0 aliphatic rings. The van der Waals surface area contributed by atoms with E-state index in [1.54, 1.807) is 0 Å². The molecule has 0 heterocycles. The number of benzene rings is 9. The molecule has 216 valence electrons. The van der Waals surface area contributed by atoms with Crippen molar-refractivity contribution in [1.29, 1.82) is 0 Å². The predicted octanol–water partition coefficient (Wildman–Crippen LogP) is 13.4. The lowest BCUT2D eigenvalue weighted by atomic mass is 9.84. The van der Waals surface area contributed by atoms with E-state index in [0.29, 0.717) is 0 Å². The molecule has 0 aromatic heterocycles. The lowest BCUT2D eigenvalue weighted by Gasteiger charge is -2.19. The van der Waals surface area contributed by atoms with Crippen LogP contribution in [0.4, 0.5) is 0 Å². The molecule has 0 amide bonds. The number of hydrogen-bond acceptors (Lipinski definition) is 0. The van der Waals surface area contributed by atoms with Crippen LogP contribution < -0.4 is 0 Å². The summed E-state index contributed by atoms with van der Waals surface area (Å²) in [5.74, 6) is 0. The number of rotatable bonds is 2. The molecule has 0 nitrogen and oxygen atoms in total. The van der Waals surface area contributed by atoms with Gasteiger partial charge >= 0.3 is 0 Å². The van der Waals surface area contributed by atoms with Crippen molar-refractivity contribution < 1.29 is 0 Å². The van der Waals surface area contributed by atoms with Crippen LogP contribution in [-0.4, -0.2) is 0 Å². The smallest absolute Gasteiger partial charge is 0.000697 e. The zero-order chi connectivity index (χ0) is 30.8. The first-order valence-electron chi connectivity index (χ1n) is 16.5. The first kappa shape index (κ1) is 25.2. The van der Waals surface area contributed by atoms with Gasteiger partial charge in [0.2, 0.25) is 0 Å². The quantitative estimate of drug-likeness (QED) is 0.175. The van der Waals surface area contributed by atoms with Gasteiger partial charge in [-0.2, -0.15) is 0 Å². The zero-order valence-corrected chi connectivity index (χ0v) is 25.9. The van der Waals surface area contributed by atoms with E-state index in [-0.39, 0.29) is 0 Å². The molecule has 0 saturated carbocycles. The van der Waals surface area contributed by atoms with Crippen molar-refractivity contribution >= 4 is 86.2 Å². The number of hydrogen-bond donors (Lipinski definition) is 0. The van der Waals surface area contributed by atoms with Crippen LogP contribution in [0.25, 0.3) is 108 Å². The summed E-state index contributed by atoms with van der Waals surface area (Å²) in [5, 5.41) is 21.4. The molecule has 0 spiro atoms. The Balaban J connectivity index is 1.53. The van der Waals surface area contributed by atoms with E-state index in [1.807, 2.05) is 0 Å². The zero-order valence-electron chi connectivity index (χ0n) is 25.9. The molecule has 0 fully saturated rings. The van der Waals surface area contributed by atoms with Gasteiger partial charge in [0, 0.05) is 0 Å². The van der Waals surface area contributed by atoms with Gasteiger partial charge in [0.25, 0.3) is 0 Å². The highest BCUT2D eigenvalue weighted by atomic mass is 14.3. The highest BCUT2D eigenvalue weighted by molar-refractivity contribution is 6.46. The SMILES string of the molecule is Cc1ccc2c(c1)cc1c3c(-c4ccccc4)c4c(cc5c6ccccc6c6cccc4c65)c(-c4ccccc4)c3c3cccc2c31. The van der Waals surface area contributed by atoms with Crippen LogP contribution in [-0.2, 0) is 0 Å². The molecule has 0 heteroatoms. The fourth-order valence-corrected chi connectivity index (χ4v) is 8.93. The lowest BCUT2D eigenvalue weighted by Crippen LogP contribution is -1.91. The van der Waals surface area contributed by atoms with Gasteiger partial charge in [0.15, 0.2) is 0 Å². The molecule has 0 unspecified atom stereocenters. The van der Waals surface area contributed by atoms with Crippen molar-refractivity contribution in [2.24, 2.45) is 0 Å². The molecule has 11 rings (SSSR count). The van der Waals surface area contributed by atoms with Gasteiger partial charge < -0.3 is 0 Å². The summed E-state index contributed by atoms with van der Waals surface area (Å²) in [5.41, 5.74) is 6.46. The van der Waals surface area contributed by atoms with Crippen molar-refractivity contribution in [3.8, 4) is 22.3 Å². The van der Waals surface area contributed by atoms with Crippen molar-refractivity contribution in [3.63, 3.8) is 0 Å². The first-order valence-corrected chi connectivity index (χ1v) is 16.5. The molecule has 0 atom stereocenters. The fourth-order valence-electron chi connectivity index (χ4n) is 8.93. The Morgan fingerprint density at radius 1 is 0.277 bits per heavy atom. The van der Waals surface area contributed by atoms with E-state index in [2.05, 4.69) is 159 Å². The van der Waals surface area contributed by atoms with E-state index >= 15 is 0 Å². The molecule has 0 aliphatic heterocycles. The number of aryl methyl sites for hydroxylation is 1. The van der Waals surface area contributed by atoms with E-state index in [4.69, 9.17) is 0 Å². The van der Waals surface area contributed by atoms with Crippen LogP contribution in [0.1, 0.15) is 5.56 Å². The highest BCUT2D eigenvalue weighted by Gasteiger charge is 2.26. The second-order valence-corrected chi connectivity index (χ2v) is 13.2. The van der Waals surface area contributed by atoms with Gasteiger partial charge in [-0.1, -0.05) is 145 Å². The molecule has 0 bridgehead atoms. The average Bonchev–Trinajstić information content (AvgIpc) is 3.62. The van der Waals surface area contributed by atoms with Crippen LogP contribution in [0.3, 0.4) is 0 Å². The van der Waals surface area contributed by atoms with Crippen LogP contribution in [0.5, 0.6) is 0 Å². The third-order valence-electron chi connectivity index (χ3n) is 10.7. The Kier molecular flexibility index (Phi) is 4.86. The second kappa shape index (κ2) is 9.06. The molecule has 0 saturated heterocycles. The maximum atomic E-state index is 2.52. The third-order valence-corrected chi connectivity index (χ3v) is 10.7. The van der Waals surface area contributed by atoms with E-state index in [1.165, 1.54) is 114 Å². The molecule has 0 aliphatic carbocycles. The van der Waals surface area contributed by atoms with Crippen molar-refractivity contribution in [3.05, 3.63) is 157 Å². The van der Waals surface area contributed by atoms with Crippen molar-refractivity contribution in [1.82, 2.24) is 0 Å². The Hall–Kier alpha value is -5.98. The van der Waals surface area contributed by atoms with Gasteiger partial charge in [0.05, 0.1) is 0 Å². The normalized spacial score (nSPS) is 12.4. The summed E-state index contributed by atoms with van der Waals surface area (Å²) in [6.07, 6.45) is 0. The second-order valence-electron chi connectivity index (χ2n) is 13.2. The summed E-state index contributed by atoms with van der Waals surface area (Å²) in [6.45, 7) is 2.20. The van der Waals surface area contributed by atoms with Crippen molar-refractivity contribution in [2.75, 3.05) is 0 Å². The summed E-state index contributed by atoms with van der Waals surface area (Å²) >= 11 is 0. The largest absolute Gasteiger partial charge is 0.0622 e. The standard InChI is InChI=1S/C47H28/c1-27-22-23-31-30(24-27)25-39-44-34(31)18-10-21-37(44)46-41(28-12-4-2-5-13-28)40-26-38-33-17-9-8-16-32(33)35-19-11-20-36(43(35)38)45(40)42(47(39)46)29-14-6-3-7-15-29/h2-26H,1H3. The lowest BCUT2D eigenvalue weighted by molar-refractivity contribution is 1.51. The van der Waals surface area contributed by atoms with E-state index < -0.39 is 0 Å². The van der Waals surface area contributed by atoms with Crippen LogP contribution in [0, 0.1) is 6.92 Å². The molecule has 47 heavy (non-hydrogen) atoms. The Morgan fingerprint density at radius 3 is 1.53 bits per heavy atom. The van der Waals surface area contributed by atoms with E-state index in [9.17, 15) is 0 Å². The number of fused-ring (bicyclic) bond motifs is 10. The maximum absolute atomic E-state index is 2.52. The molecule has 0 radical (unpaired) electrons. The maximum Gasteiger partial charge on any atom is -0.000697 e. The van der Waals surface area contributed by atoms with E-state index in [0.717, 1.165) is 0 Å². The van der Waals surface area contributed by atoms with Gasteiger partial charge in [-0.15, -0.1) is 0 Å². The summed E-state index contributed by atoms with van der Waals surface area (Å²) in [4.78, 5) is 0. The first-order chi connectivity index (χ1) is 23.3. The molecule has 11 aromatic rings. The predicted molar refractivity (Wildman–Crippen MR) is 204 cm³/mol. The van der Waals surface area contributed by atoms with Crippen LogP contribution in [0.15, 0.2) is 152 Å². The fraction of sp³-hybridized carbons (Fsp3) is 0.0213. The van der Waals surface area contributed by atoms with Gasteiger partial charge in [-0.25, -0.2) is 0 Å². The van der Waals surface area contributed by atoms with Crippen LogP contribution >= 0.6 is 0 Å². The van der Waals surface area contributed by atoms with Gasteiger partial charge in [-0.05, 0) is 127 Å². The molecule has 11 aromatic carbocycles. The van der Waals surface area contributed by atoms with Crippen molar-refractivity contribution in [2.45, 2.75) is 6.92 Å². The molecule has 0 N–H and O–H groups in total. The van der Waals surface area contributed by atoms with Crippen LogP contribution in [0.2, 0.25) is 0 Å². The minimum absolute atomic E-state index is 1.26. The Bertz CT molecular complexity index is 3040. The molecular weight excluding hydrogens is 565 g/mol. The van der Waals surface area contributed by atoms with Gasteiger partial charge in [0.1, 0.15) is 0 Å². The Labute approximate surface area is 271 Å². The summed E-state index contributed by atoms with van der Waals surface area (Å²) < 4.78 is 0. The third kappa shape index (κ3) is 3.22. The minimum Gasteiger partial charge on any atom is -0.0622 e. The summed E-state index contributed by atoms with van der Waals surface area (Å²) in [6, 6.07) is 57.0. The van der Waals surface area contributed by atoms with Gasteiger partial charge in [-0.3, -0.25) is 0 Å². The molecular formula is C47H28. The average molecular weight is 593 g/mol. The topological polar surface area (TPSA) is 0 Å². The summed E-state index contributed by atoms with van der Waals surface area (Å²) in [7, 11) is 0. The highest BCUT2D eigenvalue weighted by Crippen LogP contribution is 2.55.